The Morgan fingerprint density at radius 3 is 3.05 bits per heavy atom. The molecule has 0 spiro atoms. The molecule has 0 aliphatic rings. The van der Waals surface area contributed by atoms with Gasteiger partial charge in [0.05, 0.1) is 7.11 Å². The van der Waals surface area contributed by atoms with Crippen LogP contribution in [0.4, 0.5) is 0 Å². The van der Waals surface area contributed by atoms with E-state index in [0.717, 1.165) is 17.0 Å². The van der Waals surface area contributed by atoms with Gasteiger partial charge in [0.2, 0.25) is 5.16 Å². The number of ether oxygens (including phenoxy) is 1. The fourth-order valence-electron chi connectivity index (χ4n) is 1.54. The molecular weight excluding hydrogens is 284 g/mol. The second-order valence-electron chi connectivity index (χ2n) is 3.72. The van der Waals surface area contributed by atoms with Gasteiger partial charge in [0, 0.05) is 11.3 Å². The normalized spacial score (nSPS) is 11.1. The van der Waals surface area contributed by atoms with E-state index in [1.807, 2.05) is 31.2 Å². The van der Waals surface area contributed by atoms with Crippen LogP contribution in [0.2, 0.25) is 0 Å². The number of thioether (sulfide) groups is 1. The molecule has 100 valence electrons. The monoisotopic (exact) mass is 296 g/mol. The molecule has 2 rings (SSSR count). The molecule has 1 aromatic heterocycles. The van der Waals surface area contributed by atoms with E-state index in [4.69, 9.17) is 16.3 Å². The molecule has 19 heavy (non-hydrogen) atoms. The number of nitrogens with zero attached hydrogens (tertiary/aromatic N) is 4. The molecule has 0 aliphatic carbocycles. The second kappa shape index (κ2) is 6.58. The van der Waals surface area contributed by atoms with E-state index in [1.54, 1.807) is 11.8 Å². The number of rotatable bonds is 5. The molecule has 0 bridgehead atoms. The highest BCUT2D eigenvalue weighted by Crippen LogP contribution is 2.26. The Bertz CT molecular complexity index is 585. The van der Waals surface area contributed by atoms with Gasteiger partial charge in [-0.1, -0.05) is 35.5 Å². The summed E-state index contributed by atoms with van der Waals surface area (Å²) in [6.45, 7) is 2.01. The highest BCUT2D eigenvalue weighted by molar-refractivity contribution is 7.99. The molecule has 0 atom stereocenters. The maximum Gasteiger partial charge on any atom is 0.214 e. The summed E-state index contributed by atoms with van der Waals surface area (Å²) in [5.74, 6) is 1.44. The van der Waals surface area contributed by atoms with Crippen molar-refractivity contribution in [2.45, 2.75) is 12.1 Å². The summed E-state index contributed by atoms with van der Waals surface area (Å²) >= 11 is 6.99. The lowest BCUT2D eigenvalue weighted by Crippen LogP contribution is -2.02. The number of hydrogen-bond donors (Lipinski definition) is 0. The minimum atomic E-state index is 0.693. The molecule has 0 N–H and O–H groups in total. The van der Waals surface area contributed by atoms with Gasteiger partial charge in [-0.2, -0.15) is 4.68 Å². The molecule has 2 aromatic rings. The fourth-order valence-corrected chi connectivity index (χ4v) is 2.43. The summed E-state index contributed by atoms with van der Waals surface area (Å²) in [6, 6.07) is 5.87. The van der Waals surface area contributed by atoms with E-state index in [9.17, 15) is 0 Å². The van der Waals surface area contributed by atoms with Crippen molar-refractivity contribution in [2.75, 3.05) is 12.9 Å². The van der Waals surface area contributed by atoms with Crippen molar-refractivity contribution in [2.24, 2.45) is 0 Å². The standard InChI is InChI=1S/C12H13ClN4OS/c1-9-4-5-11(18-2)10(8-9)17-12(14-15-16-17)19-7-3-6-13/h3-6,8H,7H2,1-2H3/b6-3+. The summed E-state index contributed by atoms with van der Waals surface area (Å²) in [4.78, 5) is 0. The lowest BCUT2D eigenvalue weighted by molar-refractivity contribution is 0.410. The third-order valence-electron chi connectivity index (χ3n) is 2.40. The molecule has 0 aliphatic heterocycles. The number of methoxy groups -OCH3 is 1. The number of hydrogen-bond acceptors (Lipinski definition) is 5. The minimum Gasteiger partial charge on any atom is -0.494 e. The molecule has 0 saturated carbocycles. The lowest BCUT2D eigenvalue weighted by atomic mass is 10.2. The van der Waals surface area contributed by atoms with Gasteiger partial charge in [-0.05, 0) is 35.0 Å². The van der Waals surface area contributed by atoms with Crippen LogP contribution >= 0.6 is 23.4 Å². The third-order valence-corrected chi connectivity index (χ3v) is 3.45. The van der Waals surface area contributed by atoms with Gasteiger partial charge >= 0.3 is 0 Å². The average Bonchev–Trinajstić information content (AvgIpc) is 2.87. The van der Waals surface area contributed by atoms with E-state index in [0.29, 0.717) is 10.9 Å². The van der Waals surface area contributed by atoms with Crippen LogP contribution in [0.3, 0.4) is 0 Å². The molecule has 1 heterocycles. The van der Waals surface area contributed by atoms with Crippen LogP contribution in [0.15, 0.2) is 35.0 Å². The largest absolute Gasteiger partial charge is 0.494 e. The van der Waals surface area contributed by atoms with Crippen molar-refractivity contribution in [3.05, 3.63) is 35.4 Å². The van der Waals surface area contributed by atoms with Crippen molar-refractivity contribution in [3.8, 4) is 11.4 Å². The first-order valence-electron chi connectivity index (χ1n) is 5.57. The molecule has 0 saturated heterocycles. The molecule has 5 nitrogen and oxygen atoms in total. The Balaban J connectivity index is 2.36. The molecule has 0 unspecified atom stereocenters. The van der Waals surface area contributed by atoms with Gasteiger partial charge < -0.3 is 4.74 Å². The SMILES string of the molecule is COc1ccc(C)cc1-n1nnnc1SC/C=C/Cl. The second-order valence-corrected chi connectivity index (χ2v) is 4.96. The first-order valence-corrected chi connectivity index (χ1v) is 7.00. The van der Waals surface area contributed by atoms with Crippen LogP contribution in [-0.2, 0) is 0 Å². The van der Waals surface area contributed by atoms with Gasteiger partial charge in [-0.3, -0.25) is 0 Å². The highest BCUT2D eigenvalue weighted by atomic mass is 35.5. The van der Waals surface area contributed by atoms with E-state index in [1.165, 1.54) is 17.3 Å². The van der Waals surface area contributed by atoms with E-state index < -0.39 is 0 Å². The van der Waals surface area contributed by atoms with Crippen LogP contribution in [0.25, 0.3) is 5.69 Å². The smallest absolute Gasteiger partial charge is 0.214 e. The molecular formula is C12H13ClN4OS. The van der Waals surface area contributed by atoms with E-state index >= 15 is 0 Å². The van der Waals surface area contributed by atoms with Crippen molar-refractivity contribution in [1.29, 1.82) is 0 Å². The zero-order valence-corrected chi connectivity index (χ0v) is 12.1. The van der Waals surface area contributed by atoms with Crippen LogP contribution in [-0.4, -0.2) is 33.1 Å². The summed E-state index contributed by atoms with van der Waals surface area (Å²) < 4.78 is 7.01. The fraction of sp³-hybridized carbons (Fsp3) is 0.250. The van der Waals surface area contributed by atoms with Crippen molar-refractivity contribution in [1.82, 2.24) is 20.2 Å². The van der Waals surface area contributed by atoms with Crippen molar-refractivity contribution < 1.29 is 4.74 Å². The lowest BCUT2D eigenvalue weighted by Gasteiger charge is -2.09. The number of aromatic nitrogens is 4. The zero-order valence-electron chi connectivity index (χ0n) is 10.6. The first-order chi connectivity index (χ1) is 9.26. The molecule has 0 amide bonds. The zero-order chi connectivity index (χ0) is 13.7. The predicted octanol–water partition coefficient (Wildman–Crippen LogP) is 2.82. The van der Waals surface area contributed by atoms with Gasteiger partial charge in [0.15, 0.2) is 0 Å². The molecule has 0 fully saturated rings. The average molecular weight is 297 g/mol. The third kappa shape index (κ3) is 3.27. The van der Waals surface area contributed by atoms with Crippen LogP contribution in [0, 0.1) is 6.92 Å². The van der Waals surface area contributed by atoms with E-state index in [-0.39, 0.29) is 0 Å². The number of tetrazole rings is 1. The molecule has 7 heteroatoms. The highest BCUT2D eigenvalue weighted by Gasteiger charge is 2.13. The Kier molecular flexibility index (Phi) is 4.81. The number of benzene rings is 1. The van der Waals surface area contributed by atoms with Crippen molar-refractivity contribution >= 4 is 23.4 Å². The topological polar surface area (TPSA) is 52.8 Å². The van der Waals surface area contributed by atoms with E-state index in [2.05, 4.69) is 15.5 Å². The van der Waals surface area contributed by atoms with Crippen LogP contribution < -0.4 is 4.74 Å². The van der Waals surface area contributed by atoms with Gasteiger partial charge in [0.1, 0.15) is 11.4 Å². The quantitative estimate of drug-likeness (QED) is 0.794. The van der Waals surface area contributed by atoms with Crippen molar-refractivity contribution in [3.63, 3.8) is 0 Å². The van der Waals surface area contributed by atoms with Gasteiger partial charge in [-0.25, -0.2) is 0 Å². The first kappa shape index (κ1) is 13.9. The number of aryl methyl sites for hydroxylation is 1. The van der Waals surface area contributed by atoms with Crippen LogP contribution in [0.5, 0.6) is 5.75 Å². The Morgan fingerprint density at radius 1 is 1.47 bits per heavy atom. The summed E-state index contributed by atoms with van der Waals surface area (Å²) in [5.41, 5.74) is 3.42. The predicted molar refractivity (Wildman–Crippen MR) is 76.2 cm³/mol. The van der Waals surface area contributed by atoms with Gasteiger partial charge in [0.25, 0.3) is 0 Å². The summed E-state index contributed by atoms with van der Waals surface area (Å²) in [6.07, 6.45) is 1.83. The Hall–Kier alpha value is -1.53. The van der Waals surface area contributed by atoms with Gasteiger partial charge in [-0.15, -0.1) is 5.10 Å². The maximum atomic E-state index is 5.49. The summed E-state index contributed by atoms with van der Waals surface area (Å²) in [7, 11) is 1.63. The van der Waals surface area contributed by atoms with Crippen LogP contribution in [0.1, 0.15) is 5.56 Å². The minimum absolute atomic E-state index is 0.693. The molecule has 0 radical (unpaired) electrons. The summed E-state index contributed by atoms with van der Waals surface area (Å²) in [5, 5.41) is 12.4. The maximum absolute atomic E-state index is 5.49. The Labute approximate surface area is 120 Å². The molecule has 1 aromatic carbocycles. The Morgan fingerprint density at radius 2 is 2.32 bits per heavy atom. The number of halogens is 1.